The number of rotatable bonds is 0. The molecular weight excluding hydrogens is 190 g/mol. The minimum atomic E-state index is -3.29. The van der Waals surface area contributed by atoms with Crippen molar-refractivity contribution in [3.63, 3.8) is 0 Å². The molecule has 0 N–H and O–H groups in total. The van der Waals surface area contributed by atoms with Gasteiger partial charge in [0.05, 0.1) is 0 Å². The third-order valence-corrected chi connectivity index (χ3v) is 4.35. The summed E-state index contributed by atoms with van der Waals surface area (Å²) in [7, 11) is -1.74. The Kier molecular flexibility index (Phi) is 0.928. The maximum absolute atomic E-state index is 11.7. The Balaban J connectivity index is 2.61. The fourth-order valence-corrected chi connectivity index (χ4v) is 3.23. The number of aryl methyl sites for hydroxylation is 1. The van der Waals surface area contributed by atoms with E-state index in [1.807, 2.05) is 6.92 Å². The average Bonchev–Trinajstić information content (AvgIpc) is 2.62. The van der Waals surface area contributed by atoms with Crippen LogP contribution in [0.1, 0.15) is 5.56 Å². The van der Waals surface area contributed by atoms with Crippen LogP contribution in [0, 0.1) is 6.92 Å². The van der Waals surface area contributed by atoms with E-state index in [4.69, 9.17) is 4.42 Å². The van der Waals surface area contributed by atoms with Crippen LogP contribution in [0.4, 0.5) is 5.69 Å². The molecule has 0 fully saturated rings. The first-order chi connectivity index (χ1) is 6.03. The molecule has 13 heavy (non-hydrogen) atoms. The fourth-order valence-electron chi connectivity index (χ4n) is 1.85. The highest BCUT2D eigenvalue weighted by Crippen LogP contribution is 2.47. The van der Waals surface area contributed by atoms with E-state index < -0.39 is 10.0 Å². The second kappa shape index (κ2) is 1.68. The van der Waals surface area contributed by atoms with E-state index in [0.717, 1.165) is 5.56 Å². The van der Waals surface area contributed by atoms with Gasteiger partial charge in [0.1, 0.15) is 16.2 Å². The molecule has 3 rings (SSSR count). The minimum absolute atomic E-state index is 0.311. The van der Waals surface area contributed by atoms with Gasteiger partial charge in [0.2, 0.25) is 0 Å². The Bertz CT molecular complexity index is 596. The first-order valence-electron chi connectivity index (χ1n) is 3.88. The third-order valence-electron chi connectivity index (χ3n) is 2.59. The van der Waals surface area contributed by atoms with Crippen LogP contribution in [-0.2, 0) is 10.0 Å². The number of nitrogens with zero attached hydrogens (tertiary/aromatic N) is 1. The molecule has 0 amide bonds. The predicted molar refractivity (Wildman–Crippen MR) is 47.7 cm³/mol. The molecule has 1 aliphatic heterocycles. The molecule has 0 aromatic carbocycles. The maximum atomic E-state index is 11.7. The molecule has 0 saturated heterocycles. The van der Waals surface area contributed by atoms with Crippen molar-refractivity contribution in [3.05, 3.63) is 11.6 Å². The number of benzene rings is 1. The molecule has 3 heterocycles. The first-order valence-corrected chi connectivity index (χ1v) is 5.32. The molecule has 0 saturated carbocycles. The quantitative estimate of drug-likeness (QED) is 0.640. The Morgan fingerprint density at radius 1 is 1.46 bits per heavy atom. The predicted octanol–water partition coefficient (Wildman–Crippen LogP) is 1.32. The zero-order chi connectivity index (χ0) is 9.38. The van der Waals surface area contributed by atoms with E-state index in [1.54, 1.807) is 13.1 Å². The topological polar surface area (TPSA) is 50.5 Å². The summed E-state index contributed by atoms with van der Waals surface area (Å²) in [6, 6.07) is 1.59. The van der Waals surface area contributed by atoms with Crippen LogP contribution in [0.3, 0.4) is 0 Å². The van der Waals surface area contributed by atoms with Gasteiger partial charge >= 0.3 is 0 Å². The van der Waals surface area contributed by atoms with Crippen molar-refractivity contribution >= 4 is 26.9 Å². The molecule has 2 aromatic rings. The Labute approximate surface area is 75.1 Å². The highest BCUT2D eigenvalue weighted by atomic mass is 32.2. The average molecular weight is 197 g/mol. The lowest BCUT2D eigenvalue weighted by molar-refractivity contribution is 0.596. The van der Waals surface area contributed by atoms with Crippen molar-refractivity contribution in [1.29, 1.82) is 0 Å². The number of furan rings is 2. The first kappa shape index (κ1) is 7.20. The van der Waals surface area contributed by atoms with Gasteiger partial charge in [0.25, 0.3) is 10.0 Å². The molecule has 0 atom stereocenters. The van der Waals surface area contributed by atoms with Crippen LogP contribution in [0.25, 0.3) is 11.2 Å². The summed E-state index contributed by atoms with van der Waals surface area (Å²) in [6.45, 7) is 1.86. The van der Waals surface area contributed by atoms with Crippen LogP contribution in [0.2, 0.25) is 0 Å². The second-order valence-electron chi connectivity index (χ2n) is 3.25. The van der Waals surface area contributed by atoms with Gasteiger partial charge in [-0.1, -0.05) is 0 Å². The highest BCUT2D eigenvalue weighted by Gasteiger charge is 2.39. The Morgan fingerprint density at radius 3 is 2.69 bits per heavy atom. The van der Waals surface area contributed by atoms with Crippen LogP contribution in [-0.4, -0.2) is 15.5 Å². The SMILES string of the molecule is Cc1c2c3oc1cc3S(=O)(=O)N2C. The number of fused-ring (bicyclic) bond motifs is 1. The smallest absolute Gasteiger partial charge is 0.268 e. The molecular formula is C8H7NO3S. The van der Waals surface area contributed by atoms with Gasteiger partial charge in [-0.05, 0) is 6.92 Å². The van der Waals surface area contributed by atoms with Crippen molar-refractivity contribution in [1.82, 2.24) is 0 Å². The molecule has 0 unspecified atom stereocenters. The standard InChI is InChI=1S/C8H7NO3S/c1-4-5-3-6-8(12-5)7(4)9(2)13(6,10)11/h3H,1-2H3. The van der Waals surface area contributed by atoms with Crippen LogP contribution >= 0.6 is 0 Å². The second-order valence-corrected chi connectivity index (χ2v) is 5.19. The number of anilines is 1. The lowest BCUT2D eigenvalue weighted by Crippen LogP contribution is -2.21. The molecule has 68 valence electrons. The molecule has 2 bridgehead atoms. The zero-order valence-corrected chi connectivity index (χ0v) is 7.97. The minimum Gasteiger partial charge on any atom is -0.453 e. The van der Waals surface area contributed by atoms with Crippen molar-refractivity contribution in [2.75, 3.05) is 11.4 Å². The van der Waals surface area contributed by atoms with Gasteiger partial charge < -0.3 is 4.42 Å². The normalized spacial score (nSPS) is 19.1. The molecule has 0 aliphatic carbocycles. The van der Waals surface area contributed by atoms with E-state index >= 15 is 0 Å². The van der Waals surface area contributed by atoms with Gasteiger partial charge in [0, 0.05) is 18.7 Å². The van der Waals surface area contributed by atoms with Crippen molar-refractivity contribution in [3.8, 4) is 0 Å². The van der Waals surface area contributed by atoms with Gasteiger partial charge in [-0.15, -0.1) is 0 Å². The molecule has 0 spiro atoms. The summed E-state index contributed by atoms with van der Waals surface area (Å²) in [6.07, 6.45) is 0. The van der Waals surface area contributed by atoms with Gasteiger partial charge in [-0.3, -0.25) is 4.31 Å². The van der Waals surface area contributed by atoms with E-state index in [1.165, 1.54) is 4.31 Å². The Morgan fingerprint density at radius 2 is 2.15 bits per heavy atom. The Hall–Kier alpha value is -1.23. The van der Waals surface area contributed by atoms with Crippen LogP contribution in [0.15, 0.2) is 15.4 Å². The summed E-state index contributed by atoms with van der Waals surface area (Å²) < 4.78 is 29.9. The van der Waals surface area contributed by atoms with E-state index in [2.05, 4.69) is 0 Å². The summed E-state index contributed by atoms with van der Waals surface area (Å²) in [4.78, 5) is 0.311. The summed E-state index contributed by atoms with van der Waals surface area (Å²) in [5.41, 5.74) is 2.79. The molecule has 4 nitrogen and oxygen atoms in total. The maximum Gasteiger partial charge on any atom is 0.268 e. The van der Waals surface area contributed by atoms with Crippen LogP contribution in [0.5, 0.6) is 0 Å². The lowest BCUT2D eigenvalue weighted by atomic mass is 10.2. The third kappa shape index (κ3) is 0.551. The number of sulfonamides is 1. The fraction of sp³-hybridized carbons (Fsp3) is 0.250. The largest absolute Gasteiger partial charge is 0.453 e. The molecule has 5 heteroatoms. The van der Waals surface area contributed by atoms with E-state index in [0.29, 0.717) is 21.7 Å². The summed E-state index contributed by atoms with van der Waals surface area (Å²) in [5.74, 6) is 0. The molecule has 1 aliphatic rings. The number of hydrogen-bond donors (Lipinski definition) is 0. The van der Waals surface area contributed by atoms with Gasteiger partial charge in [0.15, 0.2) is 5.58 Å². The summed E-state index contributed by atoms with van der Waals surface area (Å²) >= 11 is 0. The van der Waals surface area contributed by atoms with Crippen molar-refractivity contribution < 1.29 is 12.8 Å². The molecule has 0 radical (unpaired) electrons. The zero-order valence-electron chi connectivity index (χ0n) is 7.16. The lowest BCUT2D eigenvalue weighted by Gasteiger charge is -2.09. The van der Waals surface area contributed by atoms with Gasteiger partial charge in [-0.25, -0.2) is 8.42 Å². The molecule has 2 aromatic heterocycles. The van der Waals surface area contributed by atoms with Gasteiger partial charge in [-0.2, -0.15) is 0 Å². The number of hydrogen-bond acceptors (Lipinski definition) is 3. The van der Waals surface area contributed by atoms with Crippen molar-refractivity contribution in [2.45, 2.75) is 11.8 Å². The van der Waals surface area contributed by atoms with E-state index in [-0.39, 0.29) is 0 Å². The summed E-state index contributed by atoms with van der Waals surface area (Å²) in [5, 5.41) is 0. The van der Waals surface area contributed by atoms with E-state index in [9.17, 15) is 8.42 Å². The monoisotopic (exact) mass is 197 g/mol. The highest BCUT2D eigenvalue weighted by molar-refractivity contribution is 7.93. The van der Waals surface area contributed by atoms with Crippen LogP contribution < -0.4 is 4.31 Å². The van der Waals surface area contributed by atoms with Crippen molar-refractivity contribution in [2.24, 2.45) is 0 Å².